The fourth-order valence-electron chi connectivity index (χ4n) is 2.18. The zero-order valence-corrected chi connectivity index (χ0v) is 14.8. The van der Waals surface area contributed by atoms with E-state index in [4.69, 9.17) is 0 Å². The minimum atomic E-state index is 0. The van der Waals surface area contributed by atoms with Crippen LogP contribution in [0.4, 0.5) is 0 Å². The molecule has 0 saturated carbocycles. The predicted molar refractivity (Wildman–Crippen MR) is 94.0 cm³/mol. The second-order valence-corrected chi connectivity index (χ2v) is 4.70. The Morgan fingerprint density at radius 2 is 0.920 bits per heavy atom. The molecule has 2 aromatic carbocycles. The SMILES string of the molecule is O.O.Oc1cccc2cccnc12.Oc1cccc2cccnc12.[Ti]. The second kappa shape index (κ2) is 10.4. The van der Waals surface area contributed by atoms with Gasteiger partial charge in [0.1, 0.15) is 22.5 Å². The molecule has 0 aliphatic carbocycles. The molecule has 0 amide bonds. The number of pyridine rings is 2. The van der Waals surface area contributed by atoms with Crippen molar-refractivity contribution in [3.05, 3.63) is 73.1 Å². The monoisotopic (exact) mass is 374 g/mol. The molecule has 6 N–H and O–H groups in total. The smallest absolute Gasteiger partial charge is 0.141 e. The van der Waals surface area contributed by atoms with Gasteiger partial charge in [0, 0.05) is 44.9 Å². The van der Waals surface area contributed by atoms with Crippen LogP contribution in [0, 0.1) is 0 Å². The van der Waals surface area contributed by atoms with E-state index in [0.717, 1.165) is 10.8 Å². The number of phenolic OH excluding ortho intramolecular Hbond substituents is 2. The van der Waals surface area contributed by atoms with Gasteiger partial charge in [0.2, 0.25) is 0 Å². The van der Waals surface area contributed by atoms with Gasteiger partial charge in [-0.2, -0.15) is 0 Å². The number of para-hydroxylation sites is 2. The molecule has 128 valence electrons. The molecule has 0 fully saturated rings. The third-order valence-electron chi connectivity index (χ3n) is 3.22. The number of aromatic hydroxyl groups is 2. The first-order valence-electron chi connectivity index (χ1n) is 6.81. The van der Waals surface area contributed by atoms with Crippen molar-refractivity contribution in [2.24, 2.45) is 0 Å². The molecule has 0 atom stereocenters. The number of fused-ring (bicyclic) bond motifs is 2. The quantitative estimate of drug-likeness (QED) is 0.457. The largest absolute Gasteiger partial charge is 0.506 e. The van der Waals surface area contributed by atoms with Crippen LogP contribution in [0.5, 0.6) is 11.5 Å². The third-order valence-corrected chi connectivity index (χ3v) is 3.22. The minimum absolute atomic E-state index is 0. The van der Waals surface area contributed by atoms with Gasteiger partial charge in [-0.05, 0) is 24.3 Å². The number of hydrogen-bond donors (Lipinski definition) is 2. The normalized spacial score (nSPS) is 8.96. The standard InChI is InChI=1S/2C9H7NO.2H2O.Ti/c2*11-8-5-1-3-7-4-2-6-10-9(7)8;;;/h2*1-6,11H;2*1H2;. The van der Waals surface area contributed by atoms with Crippen LogP contribution in [0.2, 0.25) is 0 Å². The minimum Gasteiger partial charge on any atom is -0.506 e. The molecule has 2 aromatic heterocycles. The fourth-order valence-corrected chi connectivity index (χ4v) is 2.18. The van der Waals surface area contributed by atoms with Crippen molar-refractivity contribution in [1.29, 1.82) is 0 Å². The molecule has 0 aliphatic rings. The van der Waals surface area contributed by atoms with E-state index in [1.54, 1.807) is 36.7 Å². The van der Waals surface area contributed by atoms with E-state index in [1.807, 2.05) is 36.4 Å². The van der Waals surface area contributed by atoms with E-state index in [2.05, 4.69) is 9.97 Å². The first-order chi connectivity index (χ1) is 10.8. The summed E-state index contributed by atoms with van der Waals surface area (Å²) in [5.41, 5.74) is 1.32. The maximum absolute atomic E-state index is 9.31. The Morgan fingerprint density at radius 1 is 0.560 bits per heavy atom. The summed E-state index contributed by atoms with van der Waals surface area (Å²) in [5, 5.41) is 20.5. The van der Waals surface area contributed by atoms with Gasteiger partial charge in [0.05, 0.1) is 0 Å². The molecule has 0 bridgehead atoms. The molecule has 0 radical (unpaired) electrons. The number of hydrogen-bond acceptors (Lipinski definition) is 4. The average molecular weight is 374 g/mol. The molecule has 0 saturated heterocycles. The maximum atomic E-state index is 9.31. The van der Waals surface area contributed by atoms with Crippen molar-refractivity contribution >= 4 is 21.8 Å². The number of nitrogens with zero attached hydrogens (tertiary/aromatic N) is 2. The second-order valence-electron chi connectivity index (χ2n) is 4.70. The molecule has 4 aromatic rings. The van der Waals surface area contributed by atoms with E-state index in [-0.39, 0.29) is 44.2 Å². The van der Waals surface area contributed by atoms with Crippen molar-refractivity contribution in [3.63, 3.8) is 0 Å². The molecule has 25 heavy (non-hydrogen) atoms. The zero-order chi connectivity index (χ0) is 15.4. The van der Waals surface area contributed by atoms with E-state index in [9.17, 15) is 10.2 Å². The van der Waals surface area contributed by atoms with Crippen LogP contribution in [0.15, 0.2) is 73.1 Å². The summed E-state index contributed by atoms with van der Waals surface area (Å²) >= 11 is 0. The topological polar surface area (TPSA) is 129 Å². The molecule has 0 spiro atoms. The molecular formula is C18H18N2O4Ti. The first-order valence-corrected chi connectivity index (χ1v) is 6.81. The van der Waals surface area contributed by atoms with Crippen LogP contribution >= 0.6 is 0 Å². The van der Waals surface area contributed by atoms with Crippen molar-refractivity contribution in [1.82, 2.24) is 9.97 Å². The Kier molecular flexibility index (Phi) is 9.34. The van der Waals surface area contributed by atoms with Gasteiger partial charge in [-0.15, -0.1) is 0 Å². The summed E-state index contributed by atoms with van der Waals surface area (Å²) in [6.07, 6.45) is 3.34. The summed E-state index contributed by atoms with van der Waals surface area (Å²) in [6.45, 7) is 0. The Balaban J connectivity index is 0.000000411. The molecule has 4 rings (SSSR count). The molecule has 0 aliphatic heterocycles. The van der Waals surface area contributed by atoms with E-state index < -0.39 is 0 Å². The number of phenols is 2. The van der Waals surface area contributed by atoms with Gasteiger partial charge < -0.3 is 21.2 Å². The van der Waals surface area contributed by atoms with Crippen molar-refractivity contribution in [3.8, 4) is 11.5 Å². The van der Waals surface area contributed by atoms with Crippen LogP contribution in [0.3, 0.4) is 0 Å². The van der Waals surface area contributed by atoms with Crippen molar-refractivity contribution in [2.75, 3.05) is 0 Å². The summed E-state index contributed by atoms with van der Waals surface area (Å²) in [4.78, 5) is 8.06. The fraction of sp³-hybridized carbons (Fsp3) is 0. The van der Waals surface area contributed by atoms with Gasteiger partial charge >= 0.3 is 0 Å². The van der Waals surface area contributed by atoms with Crippen LogP contribution in [-0.2, 0) is 21.7 Å². The number of aromatic nitrogens is 2. The molecule has 7 heteroatoms. The zero-order valence-electron chi connectivity index (χ0n) is 13.2. The molecule has 0 unspecified atom stereocenters. The van der Waals surface area contributed by atoms with Crippen molar-refractivity contribution in [2.45, 2.75) is 0 Å². The Hall–Kier alpha value is -2.51. The number of rotatable bonds is 0. The summed E-state index contributed by atoms with van der Waals surface area (Å²) in [6, 6.07) is 18.3. The maximum Gasteiger partial charge on any atom is 0.141 e. The molecule has 2 heterocycles. The average Bonchev–Trinajstić information content (AvgIpc) is 2.57. The van der Waals surface area contributed by atoms with E-state index >= 15 is 0 Å². The van der Waals surface area contributed by atoms with Gasteiger partial charge in [0.25, 0.3) is 0 Å². The van der Waals surface area contributed by atoms with Gasteiger partial charge in [-0.25, -0.2) is 0 Å². The van der Waals surface area contributed by atoms with Crippen molar-refractivity contribution < 1.29 is 42.9 Å². The Morgan fingerprint density at radius 3 is 1.28 bits per heavy atom. The molecular weight excluding hydrogens is 356 g/mol. The predicted octanol–water partition coefficient (Wildman–Crippen LogP) is 2.23. The van der Waals surface area contributed by atoms with E-state index in [0.29, 0.717) is 11.0 Å². The third kappa shape index (κ3) is 5.24. The van der Waals surface area contributed by atoms with E-state index in [1.165, 1.54) is 0 Å². The van der Waals surface area contributed by atoms with Crippen LogP contribution in [0.25, 0.3) is 21.8 Å². The van der Waals surface area contributed by atoms with Gasteiger partial charge in [0.15, 0.2) is 0 Å². The van der Waals surface area contributed by atoms with Crippen LogP contribution < -0.4 is 0 Å². The summed E-state index contributed by atoms with van der Waals surface area (Å²) in [7, 11) is 0. The summed E-state index contributed by atoms with van der Waals surface area (Å²) in [5.74, 6) is 0.478. The first kappa shape index (κ1) is 22.5. The summed E-state index contributed by atoms with van der Waals surface area (Å²) < 4.78 is 0. The van der Waals surface area contributed by atoms with Gasteiger partial charge in [-0.3, -0.25) is 9.97 Å². The number of benzene rings is 2. The Bertz CT molecular complexity index is 847. The Labute approximate surface area is 159 Å². The van der Waals surface area contributed by atoms with Crippen LogP contribution in [-0.4, -0.2) is 31.1 Å². The van der Waals surface area contributed by atoms with Crippen LogP contribution in [0.1, 0.15) is 0 Å². The molecule has 6 nitrogen and oxygen atoms in total. The van der Waals surface area contributed by atoms with Gasteiger partial charge in [-0.1, -0.05) is 36.4 Å².